The van der Waals surface area contributed by atoms with E-state index in [1.165, 1.54) is 32.8 Å². The highest BCUT2D eigenvalue weighted by atomic mass is 16.5. The number of unbranched alkanes of at least 4 members (excludes halogenated alkanes) is 5. The largest absolute Gasteiger partial charge is 0.465 e. The molecule has 0 saturated carbocycles. The lowest BCUT2D eigenvalue weighted by molar-refractivity contribution is 0.0600. The van der Waals surface area contributed by atoms with Gasteiger partial charge < -0.3 is 10.1 Å². The Kier molecular flexibility index (Phi) is 8.17. The number of hydrogen-bond donors (Lipinski definition) is 1. The Hall–Kier alpha value is -1.84. The molecular formula is C17H25NO3. The zero-order chi connectivity index (χ0) is 15.5. The Balaban J connectivity index is 2.33. The molecule has 4 heteroatoms. The molecule has 0 aliphatic heterocycles. The number of rotatable bonds is 9. The maximum absolute atomic E-state index is 12.0. The zero-order valence-corrected chi connectivity index (χ0v) is 13.0. The van der Waals surface area contributed by atoms with Gasteiger partial charge in [-0.3, -0.25) is 4.79 Å². The van der Waals surface area contributed by atoms with Gasteiger partial charge in [-0.15, -0.1) is 0 Å². The summed E-state index contributed by atoms with van der Waals surface area (Å²) in [5.41, 5.74) is 0.883. The fourth-order valence-electron chi connectivity index (χ4n) is 2.11. The van der Waals surface area contributed by atoms with Crippen LogP contribution in [0, 0.1) is 0 Å². The van der Waals surface area contributed by atoms with E-state index < -0.39 is 5.97 Å². The SMILES string of the molecule is CCCCCCCCNC(=O)c1cccc(C(=O)OC)c1. The van der Waals surface area contributed by atoms with Gasteiger partial charge in [0.1, 0.15) is 0 Å². The number of amides is 1. The van der Waals surface area contributed by atoms with E-state index in [9.17, 15) is 9.59 Å². The van der Waals surface area contributed by atoms with Gasteiger partial charge in [-0.25, -0.2) is 4.79 Å². The van der Waals surface area contributed by atoms with Crippen molar-refractivity contribution < 1.29 is 14.3 Å². The summed E-state index contributed by atoms with van der Waals surface area (Å²) in [5, 5.41) is 2.88. The second-order valence-corrected chi connectivity index (χ2v) is 5.10. The van der Waals surface area contributed by atoms with Crippen LogP contribution in [0.5, 0.6) is 0 Å². The Morgan fingerprint density at radius 1 is 1.05 bits per heavy atom. The standard InChI is InChI=1S/C17H25NO3/c1-3-4-5-6-7-8-12-18-16(19)14-10-9-11-15(13-14)17(20)21-2/h9-11,13H,3-8,12H2,1-2H3,(H,18,19). The van der Waals surface area contributed by atoms with Gasteiger partial charge in [0, 0.05) is 12.1 Å². The molecule has 0 aliphatic carbocycles. The molecule has 1 aromatic rings. The lowest BCUT2D eigenvalue weighted by atomic mass is 10.1. The van der Waals surface area contributed by atoms with Crippen LogP contribution in [0.3, 0.4) is 0 Å². The zero-order valence-electron chi connectivity index (χ0n) is 13.0. The van der Waals surface area contributed by atoms with Crippen LogP contribution < -0.4 is 5.32 Å². The van der Waals surface area contributed by atoms with Gasteiger partial charge in [-0.05, 0) is 24.6 Å². The summed E-state index contributed by atoms with van der Waals surface area (Å²) in [5.74, 6) is -0.574. The van der Waals surface area contributed by atoms with E-state index in [4.69, 9.17) is 0 Å². The predicted octanol–water partition coefficient (Wildman–Crippen LogP) is 3.56. The lowest BCUT2D eigenvalue weighted by Gasteiger charge is -2.06. The second kappa shape index (κ2) is 9.97. The average Bonchev–Trinajstić information content (AvgIpc) is 2.53. The maximum Gasteiger partial charge on any atom is 0.337 e. The van der Waals surface area contributed by atoms with Gasteiger partial charge in [0.2, 0.25) is 0 Å². The van der Waals surface area contributed by atoms with Gasteiger partial charge in [0.15, 0.2) is 0 Å². The van der Waals surface area contributed by atoms with Crippen LogP contribution in [-0.2, 0) is 4.74 Å². The molecule has 0 unspecified atom stereocenters. The first-order valence-electron chi connectivity index (χ1n) is 7.65. The maximum atomic E-state index is 12.0. The molecule has 0 aromatic heterocycles. The Morgan fingerprint density at radius 3 is 2.43 bits per heavy atom. The Labute approximate surface area is 126 Å². The van der Waals surface area contributed by atoms with Gasteiger partial charge in [-0.2, -0.15) is 0 Å². The van der Waals surface area contributed by atoms with Crippen LogP contribution in [0.1, 0.15) is 66.2 Å². The van der Waals surface area contributed by atoms with Gasteiger partial charge in [-0.1, -0.05) is 45.1 Å². The molecule has 1 rings (SSSR count). The monoisotopic (exact) mass is 291 g/mol. The van der Waals surface area contributed by atoms with Gasteiger partial charge >= 0.3 is 5.97 Å². The molecule has 0 bridgehead atoms. The van der Waals surface area contributed by atoms with Crippen molar-refractivity contribution in [3.63, 3.8) is 0 Å². The summed E-state index contributed by atoms with van der Waals surface area (Å²) >= 11 is 0. The van der Waals surface area contributed by atoms with Crippen molar-refractivity contribution in [2.75, 3.05) is 13.7 Å². The fraction of sp³-hybridized carbons (Fsp3) is 0.529. The van der Waals surface area contributed by atoms with E-state index in [1.54, 1.807) is 24.3 Å². The third kappa shape index (κ3) is 6.43. The Morgan fingerprint density at radius 2 is 1.71 bits per heavy atom. The molecule has 1 aromatic carbocycles. The highest BCUT2D eigenvalue weighted by Crippen LogP contribution is 2.07. The molecule has 0 spiro atoms. The first-order valence-corrected chi connectivity index (χ1v) is 7.65. The highest BCUT2D eigenvalue weighted by molar-refractivity contribution is 5.97. The lowest BCUT2D eigenvalue weighted by Crippen LogP contribution is -2.24. The van der Waals surface area contributed by atoms with Gasteiger partial charge in [0.25, 0.3) is 5.91 Å². The van der Waals surface area contributed by atoms with Crippen LogP contribution in [0.15, 0.2) is 24.3 Å². The highest BCUT2D eigenvalue weighted by Gasteiger charge is 2.09. The molecule has 0 atom stereocenters. The third-order valence-corrected chi connectivity index (χ3v) is 3.36. The second-order valence-electron chi connectivity index (χ2n) is 5.10. The number of ether oxygens (including phenoxy) is 1. The van der Waals surface area contributed by atoms with E-state index in [0.717, 1.165) is 12.8 Å². The van der Waals surface area contributed by atoms with Crippen molar-refractivity contribution in [3.05, 3.63) is 35.4 Å². The summed E-state index contributed by atoms with van der Waals surface area (Å²) in [6.07, 6.45) is 7.15. The van der Waals surface area contributed by atoms with E-state index in [0.29, 0.717) is 17.7 Å². The molecule has 0 aliphatic rings. The molecule has 116 valence electrons. The minimum atomic E-state index is -0.430. The molecular weight excluding hydrogens is 266 g/mol. The van der Waals surface area contributed by atoms with E-state index in [2.05, 4.69) is 17.0 Å². The predicted molar refractivity (Wildman–Crippen MR) is 83.5 cm³/mol. The summed E-state index contributed by atoms with van der Waals surface area (Å²) in [6.45, 7) is 2.87. The quantitative estimate of drug-likeness (QED) is 0.559. The molecule has 0 radical (unpaired) electrons. The molecule has 0 heterocycles. The number of carbonyl (C=O) groups is 2. The first-order chi connectivity index (χ1) is 10.2. The van der Waals surface area contributed by atoms with Crippen molar-refractivity contribution >= 4 is 11.9 Å². The summed E-state index contributed by atoms with van der Waals surface area (Å²) in [6, 6.07) is 6.58. The van der Waals surface area contributed by atoms with E-state index in [-0.39, 0.29) is 5.91 Å². The molecule has 4 nitrogen and oxygen atoms in total. The number of carbonyl (C=O) groups excluding carboxylic acids is 2. The summed E-state index contributed by atoms with van der Waals surface area (Å²) in [4.78, 5) is 23.4. The van der Waals surface area contributed by atoms with E-state index in [1.807, 2.05) is 0 Å². The molecule has 1 N–H and O–H groups in total. The fourth-order valence-corrected chi connectivity index (χ4v) is 2.11. The topological polar surface area (TPSA) is 55.4 Å². The molecule has 0 fully saturated rings. The number of methoxy groups -OCH3 is 1. The number of esters is 1. The minimum Gasteiger partial charge on any atom is -0.465 e. The van der Waals surface area contributed by atoms with Crippen molar-refractivity contribution in [3.8, 4) is 0 Å². The third-order valence-electron chi connectivity index (χ3n) is 3.36. The summed E-state index contributed by atoms with van der Waals surface area (Å²) < 4.78 is 4.65. The van der Waals surface area contributed by atoms with Crippen LogP contribution in [-0.4, -0.2) is 25.5 Å². The smallest absolute Gasteiger partial charge is 0.337 e. The number of nitrogens with one attached hydrogen (secondary N) is 1. The van der Waals surface area contributed by atoms with Crippen LogP contribution in [0.25, 0.3) is 0 Å². The first kappa shape index (κ1) is 17.2. The van der Waals surface area contributed by atoms with Crippen molar-refractivity contribution in [1.29, 1.82) is 0 Å². The van der Waals surface area contributed by atoms with Crippen molar-refractivity contribution in [2.24, 2.45) is 0 Å². The molecule has 21 heavy (non-hydrogen) atoms. The summed E-state index contributed by atoms with van der Waals surface area (Å²) in [7, 11) is 1.33. The molecule has 0 saturated heterocycles. The average molecular weight is 291 g/mol. The van der Waals surface area contributed by atoms with E-state index >= 15 is 0 Å². The number of hydrogen-bond acceptors (Lipinski definition) is 3. The Bertz CT molecular complexity index is 457. The van der Waals surface area contributed by atoms with Crippen LogP contribution >= 0.6 is 0 Å². The van der Waals surface area contributed by atoms with Crippen LogP contribution in [0.2, 0.25) is 0 Å². The van der Waals surface area contributed by atoms with Crippen molar-refractivity contribution in [2.45, 2.75) is 45.4 Å². The van der Waals surface area contributed by atoms with Gasteiger partial charge in [0.05, 0.1) is 12.7 Å². The van der Waals surface area contributed by atoms with Crippen molar-refractivity contribution in [1.82, 2.24) is 5.32 Å². The minimum absolute atomic E-state index is 0.144. The molecule has 1 amide bonds. The van der Waals surface area contributed by atoms with Crippen LogP contribution in [0.4, 0.5) is 0 Å². The normalized spacial score (nSPS) is 10.2. The number of benzene rings is 1.